The molecular formula is C11H20N2O4S. The molecule has 0 aromatic heterocycles. The summed E-state index contributed by atoms with van der Waals surface area (Å²) in [5.41, 5.74) is 0. The zero-order valence-electron chi connectivity index (χ0n) is 10.6. The van der Waals surface area contributed by atoms with E-state index in [1.165, 1.54) is 0 Å². The van der Waals surface area contributed by atoms with Crippen LogP contribution in [0.4, 0.5) is 4.79 Å². The number of urea groups is 1. The van der Waals surface area contributed by atoms with Gasteiger partial charge in [-0.3, -0.25) is 9.00 Å². The summed E-state index contributed by atoms with van der Waals surface area (Å²) in [4.78, 5) is 24.1. The van der Waals surface area contributed by atoms with Crippen LogP contribution in [0.2, 0.25) is 0 Å². The van der Waals surface area contributed by atoms with Gasteiger partial charge in [0.1, 0.15) is 0 Å². The maximum absolute atomic E-state index is 11.8. The largest absolute Gasteiger partial charge is 0.481 e. The van der Waals surface area contributed by atoms with E-state index in [1.54, 1.807) is 11.2 Å². The van der Waals surface area contributed by atoms with Crippen LogP contribution in [0.25, 0.3) is 0 Å². The van der Waals surface area contributed by atoms with Crippen molar-refractivity contribution in [2.24, 2.45) is 5.92 Å². The number of likely N-dealkylation sites (tertiary alicyclic amines) is 1. The summed E-state index contributed by atoms with van der Waals surface area (Å²) in [6.45, 7) is 1.55. The van der Waals surface area contributed by atoms with E-state index in [0.717, 1.165) is 12.8 Å². The first kappa shape index (κ1) is 14.9. The number of amides is 2. The molecule has 0 radical (unpaired) electrons. The van der Waals surface area contributed by atoms with Crippen LogP contribution in [0.3, 0.4) is 0 Å². The summed E-state index contributed by atoms with van der Waals surface area (Å²) in [6.07, 6.45) is 3.40. The number of piperidine rings is 1. The molecule has 1 aliphatic heterocycles. The highest BCUT2D eigenvalue weighted by atomic mass is 32.2. The normalized spacial score (nSPS) is 21.4. The zero-order valence-corrected chi connectivity index (χ0v) is 11.4. The number of carboxylic acid groups (broad SMARTS) is 1. The lowest BCUT2D eigenvalue weighted by atomic mass is 9.95. The van der Waals surface area contributed by atoms with Gasteiger partial charge in [-0.25, -0.2) is 4.79 Å². The second kappa shape index (κ2) is 7.35. The monoisotopic (exact) mass is 276 g/mol. The van der Waals surface area contributed by atoms with Crippen molar-refractivity contribution < 1.29 is 18.9 Å². The van der Waals surface area contributed by atoms with Gasteiger partial charge in [0.25, 0.3) is 0 Å². The van der Waals surface area contributed by atoms with Gasteiger partial charge in [-0.1, -0.05) is 0 Å². The van der Waals surface area contributed by atoms with Crippen molar-refractivity contribution in [3.05, 3.63) is 0 Å². The number of carbonyl (C=O) groups excluding carboxylic acids is 1. The smallest absolute Gasteiger partial charge is 0.317 e. The Morgan fingerprint density at radius 1 is 1.50 bits per heavy atom. The first-order chi connectivity index (χ1) is 8.49. The van der Waals surface area contributed by atoms with Gasteiger partial charge in [0.2, 0.25) is 0 Å². The van der Waals surface area contributed by atoms with Crippen molar-refractivity contribution in [2.75, 3.05) is 31.6 Å². The molecule has 7 heteroatoms. The molecule has 0 spiro atoms. The molecule has 1 aliphatic rings. The number of carboxylic acids is 1. The SMILES string of the molecule is CS(=O)CCNC(=O)N1CCCC(CC(=O)O)C1. The number of nitrogens with zero attached hydrogens (tertiary/aromatic N) is 1. The third kappa shape index (κ3) is 5.48. The standard InChI is InChI=1S/C11H20N2O4S/c1-18(17)6-4-12-11(16)13-5-2-3-9(8-13)7-10(14)15/h9H,2-8H2,1H3,(H,12,16)(H,14,15). The van der Waals surface area contributed by atoms with Gasteiger partial charge in [0, 0.05) is 48.9 Å². The summed E-state index contributed by atoms with van der Waals surface area (Å²) >= 11 is 0. The molecule has 1 fully saturated rings. The Bertz CT molecular complexity index is 335. The van der Waals surface area contributed by atoms with E-state index >= 15 is 0 Å². The first-order valence-corrected chi connectivity index (χ1v) is 7.76. The first-order valence-electron chi connectivity index (χ1n) is 6.03. The van der Waals surface area contributed by atoms with Gasteiger partial charge in [0.05, 0.1) is 0 Å². The van der Waals surface area contributed by atoms with E-state index in [9.17, 15) is 13.8 Å². The minimum Gasteiger partial charge on any atom is -0.481 e. The predicted octanol–water partition coefficient (Wildman–Crippen LogP) is 0.261. The fourth-order valence-electron chi connectivity index (χ4n) is 2.08. The van der Waals surface area contributed by atoms with E-state index in [4.69, 9.17) is 5.11 Å². The van der Waals surface area contributed by atoms with Crippen LogP contribution in [0.15, 0.2) is 0 Å². The molecule has 0 bridgehead atoms. The van der Waals surface area contributed by atoms with Crippen molar-refractivity contribution in [3.8, 4) is 0 Å². The van der Waals surface area contributed by atoms with Crippen molar-refractivity contribution in [1.82, 2.24) is 10.2 Å². The zero-order chi connectivity index (χ0) is 13.5. The lowest BCUT2D eigenvalue weighted by molar-refractivity contribution is -0.138. The molecule has 0 saturated carbocycles. The number of aliphatic carboxylic acids is 1. The van der Waals surface area contributed by atoms with Crippen LogP contribution in [-0.2, 0) is 15.6 Å². The molecule has 2 amide bonds. The minimum absolute atomic E-state index is 0.0438. The summed E-state index contributed by atoms with van der Waals surface area (Å²) in [5.74, 6) is -0.330. The lowest BCUT2D eigenvalue weighted by Crippen LogP contribution is -2.46. The number of rotatable bonds is 5. The van der Waals surface area contributed by atoms with Crippen molar-refractivity contribution in [2.45, 2.75) is 19.3 Å². The fourth-order valence-corrected chi connectivity index (χ4v) is 2.47. The molecule has 2 atom stereocenters. The Labute approximate surface area is 109 Å². The predicted molar refractivity (Wildman–Crippen MR) is 68.9 cm³/mol. The summed E-state index contributed by atoms with van der Waals surface area (Å²) in [5, 5.41) is 11.4. The highest BCUT2D eigenvalue weighted by Crippen LogP contribution is 2.19. The molecule has 0 aromatic rings. The van der Waals surface area contributed by atoms with Crippen molar-refractivity contribution >= 4 is 22.8 Å². The van der Waals surface area contributed by atoms with Crippen LogP contribution >= 0.6 is 0 Å². The van der Waals surface area contributed by atoms with Gasteiger partial charge in [-0.15, -0.1) is 0 Å². The fraction of sp³-hybridized carbons (Fsp3) is 0.818. The van der Waals surface area contributed by atoms with E-state index < -0.39 is 16.8 Å². The molecule has 6 nitrogen and oxygen atoms in total. The molecule has 1 rings (SSSR count). The average Bonchev–Trinajstić information content (AvgIpc) is 2.27. The van der Waals surface area contributed by atoms with Gasteiger partial charge in [-0.2, -0.15) is 0 Å². The van der Waals surface area contributed by atoms with E-state index in [2.05, 4.69) is 5.32 Å². The maximum Gasteiger partial charge on any atom is 0.317 e. The number of nitrogens with one attached hydrogen (secondary N) is 1. The molecule has 1 heterocycles. The second-order valence-corrected chi connectivity index (χ2v) is 6.12. The molecular weight excluding hydrogens is 256 g/mol. The Morgan fingerprint density at radius 3 is 2.83 bits per heavy atom. The molecule has 104 valence electrons. The minimum atomic E-state index is -0.913. The number of carbonyl (C=O) groups is 2. The van der Waals surface area contributed by atoms with Gasteiger partial charge in [-0.05, 0) is 18.8 Å². The van der Waals surface area contributed by atoms with E-state index in [0.29, 0.717) is 25.4 Å². The van der Waals surface area contributed by atoms with Crippen molar-refractivity contribution in [3.63, 3.8) is 0 Å². The Morgan fingerprint density at radius 2 is 2.22 bits per heavy atom. The van der Waals surface area contributed by atoms with Crippen LogP contribution in [-0.4, -0.2) is 57.9 Å². The van der Waals surface area contributed by atoms with E-state index in [-0.39, 0.29) is 18.4 Å². The van der Waals surface area contributed by atoms with Gasteiger partial charge >= 0.3 is 12.0 Å². The molecule has 18 heavy (non-hydrogen) atoms. The van der Waals surface area contributed by atoms with Gasteiger partial charge in [0.15, 0.2) is 0 Å². The van der Waals surface area contributed by atoms with Crippen molar-refractivity contribution in [1.29, 1.82) is 0 Å². The maximum atomic E-state index is 11.8. The topological polar surface area (TPSA) is 86.7 Å². The summed E-state index contributed by atoms with van der Waals surface area (Å²) < 4.78 is 10.9. The highest BCUT2D eigenvalue weighted by molar-refractivity contribution is 7.84. The quantitative estimate of drug-likeness (QED) is 0.754. The summed E-state index contributed by atoms with van der Waals surface area (Å²) in [6, 6.07) is -0.185. The van der Waals surface area contributed by atoms with E-state index in [1.807, 2.05) is 0 Å². The second-order valence-electron chi connectivity index (χ2n) is 4.56. The molecule has 1 saturated heterocycles. The number of hydrogen-bond acceptors (Lipinski definition) is 3. The summed E-state index contributed by atoms with van der Waals surface area (Å²) in [7, 11) is -0.913. The molecule has 2 unspecified atom stereocenters. The van der Waals surface area contributed by atoms with Crippen LogP contribution in [0.5, 0.6) is 0 Å². The number of hydrogen-bond donors (Lipinski definition) is 2. The third-order valence-corrected chi connectivity index (χ3v) is 3.71. The molecule has 0 aliphatic carbocycles. The van der Waals surface area contributed by atoms with Gasteiger partial charge < -0.3 is 15.3 Å². The van der Waals surface area contributed by atoms with Crippen LogP contribution in [0.1, 0.15) is 19.3 Å². The Hall–Kier alpha value is -1.11. The average molecular weight is 276 g/mol. The van der Waals surface area contributed by atoms with Crippen LogP contribution in [0, 0.1) is 5.92 Å². The lowest BCUT2D eigenvalue weighted by Gasteiger charge is -2.32. The third-order valence-electron chi connectivity index (χ3n) is 2.94. The Balaban J connectivity index is 2.33. The Kier molecular flexibility index (Phi) is 6.11. The molecule has 2 N–H and O–H groups in total. The molecule has 0 aromatic carbocycles. The highest BCUT2D eigenvalue weighted by Gasteiger charge is 2.24. The van der Waals surface area contributed by atoms with Crippen LogP contribution < -0.4 is 5.32 Å².